The number of benzene rings is 1. The molecule has 0 bridgehead atoms. The van der Waals surface area contributed by atoms with E-state index in [9.17, 15) is 10.1 Å². The van der Waals surface area contributed by atoms with Gasteiger partial charge in [0.1, 0.15) is 5.75 Å². The highest BCUT2D eigenvalue weighted by atomic mass is 79.9. The molecule has 0 aromatic heterocycles. The molecule has 0 aliphatic carbocycles. The third kappa shape index (κ3) is 2.95. The number of rotatable bonds is 3. The number of nitro benzene ring substituents is 1. The van der Waals surface area contributed by atoms with Crippen LogP contribution < -0.4 is 15.5 Å². The maximum atomic E-state index is 10.5. The lowest BCUT2D eigenvalue weighted by molar-refractivity contribution is -0.386. The van der Waals surface area contributed by atoms with Crippen LogP contribution in [0.3, 0.4) is 0 Å². The van der Waals surface area contributed by atoms with Crippen molar-refractivity contribution >= 4 is 34.0 Å². The van der Waals surface area contributed by atoms with Gasteiger partial charge >= 0.3 is 5.69 Å². The summed E-state index contributed by atoms with van der Waals surface area (Å²) in [6.45, 7) is 0. The standard InChI is InChI=1S/C7H7BrN2O4.ClH/c1-13-6-3-7(14-9)5(10(11)12)2-4(6)8;/h2-3H,9H2,1H3;1H. The van der Waals surface area contributed by atoms with Crippen molar-refractivity contribution in [1.82, 2.24) is 0 Å². The molecule has 0 radical (unpaired) electrons. The molecule has 0 aliphatic heterocycles. The second-order valence-electron chi connectivity index (χ2n) is 2.33. The van der Waals surface area contributed by atoms with Gasteiger partial charge in [0.2, 0.25) is 5.75 Å². The third-order valence-corrected chi connectivity index (χ3v) is 2.18. The highest BCUT2D eigenvalue weighted by Gasteiger charge is 2.18. The van der Waals surface area contributed by atoms with Gasteiger partial charge in [-0.05, 0) is 15.9 Å². The molecule has 1 aromatic carbocycles. The van der Waals surface area contributed by atoms with Crippen molar-refractivity contribution in [2.75, 3.05) is 7.11 Å². The molecule has 0 atom stereocenters. The van der Waals surface area contributed by atoms with Gasteiger partial charge in [-0.3, -0.25) is 10.1 Å². The summed E-state index contributed by atoms with van der Waals surface area (Å²) in [5, 5.41) is 10.5. The smallest absolute Gasteiger partial charge is 0.314 e. The Morgan fingerprint density at radius 3 is 2.47 bits per heavy atom. The second kappa shape index (κ2) is 5.74. The quantitative estimate of drug-likeness (QED) is 0.681. The minimum Gasteiger partial charge on any atom is -0.495 e. The fraction of sp³-hybridized carbons (Fsp3) is 0.143. The number of halogens is 2. The van der Waals surface area contributed by atoms with E-state index in [1.165, 1.54) is 19.2 Å². The zero-order chi connectivity index (χ0) is 10.7. The first-order valence-electron chi connectivity index (χ1n) is 3.48. The SMILES string of the molecule is COc1cc(ON)c([N+](=O)[O-])cc1Br.Cl. The topological polar surface area (TPSA) is 87.6 Å². The summed E-state index contributed by atoms with van der Waals surface area (Å²) < 4.78 is 5.38. The number of hydrogen-bond donors (Lipinski definition) is 1. The van der Waals surface area contributed by atoms with E-state index in [0.29, 0.717) is 10.2 Å². The predicted molar refractivity (Wildman–Crippen MR) is 59.4 cm³/mol. The summed E-state index contributed by atoms with van der Waals surface area (Å²) in [6, 6.07) is 2.60. The average molecular weight is 300 g/mol. The maximum Gasteiger partial charge on any atom is 0.314 e. The Hall–Kier alpha value is -1.05. The van der Waals surface area contributed by atoms with Gasteiger partial charge in [0.25, 0.3) is 0 Å². The lowest BCUT2D eigenvalue weighted by atomic mass is 10.3. The monoisotopic (exact) mass is 298 g/mol. The van der Waals surface area contributed by atoms with Gasteiger partial charge in [-0.15, -0.1) is 12.4 Å². The molecule has 6 nitrogen and oxygen atoms in total. The van der Waals surface area contributed by atoms with Gasteiger partial charge < -0.3 is 9.57 Å². The number of nitrogens with two attached hydrogens (primary N) is 1. The summed E-state index contributed by atoms with van der Waals surface area (Å²) in [7, 11) is 1.44. The van der Waals surface area contributed by atoms with E-state index in [2.05, 4.69) is 20.8 Å². The van der Waals surface area contributed by atoms with Crippen molar-refractivity contribution in [3.63, 3.8) is 0 Å². The van der Waals surface area contributed by atoms with E-state index < -0.39 is 4.92 Å². The summed E-state index contributed by atoms with van der Waals surface area (Å²) in [6.07, 6.45) is 0. The lowest BCUT2D eigenvalue weighted by Crippen LogP contribution is -2.05. The molecule has 0 saturated carbocycles. The Morgan fingerprint density at radius 1 is 1.47 bits per heavy atom. The Morgan fingerprint density at radius 2 is 2.07 bits per heavy atom. The molecule has 0 heterocycles. The van der Waals surface area contributed by atoms with Crippen molar-refractivity contribution in [3.8, 4) is 11.5 Å². The van der Waals surface area contributed by atoms with Gasteiger partial charge in [0, 0.05) is 12.1 Å². The van der Waals surface area contributed by atoms with Crippen LogP contribution in [-0.4, -0.2) is 12.0 Å². The van der Waals surface area contributed by atoms with Gasteiger partial charge in [-0.25, -0.2) is 0 Å². The van der Waals surface area contributed by atoms with Crippen molar-refractivity contribution in [3.05, 3.63) is 26.7 Å². The van der Waals surface area contributed by atoms with Crippen LogP contribution in [0.25, 0.3) is 0 Å². The van der Waals surface area contributed by atoms with Crippen LogP contribution in [0.1, 0.15) is 0 Å². The van der Waals surface area contributed by atoms with Crippen LogP contribution >= 0.6 is 28.3 Å². The normalized spacial score (nSPS) is 9.00. The Labute approximate surface area is 100.0 Å². The Kier molecular flexibility index (Phi) is 5.34. The molecule has 1 rings (SSSR count). The van der Waals surface area contributed by atoms with E-state index in [-0.39, 0.29) is 23.8 Å². The molecule has 1 aromatic rings. The molecule has 0 spiro atoms. The zero-order valence-electron chi connectivity index (χ0n) is 7.60. The first-order chi connectivity index (χ1) is 6.60. The molecule has 0 amide bonds. The summed E-state index contributed by atoms with van der Waals surface area (Å²) >= 11 is 3.11. The average Bonchev–Trinajstić information content (AvgIpc) is 2.17. The second-order valence-corrected chi connectivity index (χ2v) is 3.18. The van der Waals surface area contributed by atoms with E-state index in [1.807, 2.05) is 0 Å². The molecule has 0 unspecified atom stereocenters. The lowest BCUT2D eigenvalue weighted by Gasteiger charge is -2.05. The zero-order valence-corrected chi connectivity index (χ0v) is 10.0. The van der Waals surface area contributed by atoms with Crippen molar-refractivity contribution in [2.24, 2.45) is 5.90 Å². The van der Waals surface area contributed by atoms with E-state index in [0.717, 1.165) is 0 Å². The summed E-state index contributed by atoms with van der Waals surface area (Å²) in [5.74, 6) is 5.25. The maximum absolute atomic E-state index is 10.5. The van der Waals surface area contributed by atoms with Crippen LogP contribution in [0.4, 0.5) is 5.69 Å². The fourth-order valence-electron chi connectivity index (χ4n) is 0.918. The number of nitrogens with zero attached hydrogens (tertiary/aromatic N) is 1. The van der Waals surface area contributed by atoms with Crippen LogP contribution in [0.15, 0.2) is 16.6 Å². The fourth-order valence-corrected chi connectivity index (χ4v) is 1.41. The predicted octanol–water partition coefficient (Wildman–Crippen LogP) is 2.04. The van der Waals surface area contributed by atoms with E-state index in [4.69, 9.17) is 10.6 Å². The first kappa shape index (κ1) is 13.9. The molecule has 2 N–H and O–H groups in total. The largest absolute Gasteiger partial charge is 0.495 e. The molecule has 0 fully saturated rings. The molecular weight excluding hydrogens is 291 g/mol. The Bertz CT molecular complexity index is 374. The number of ether oxygens (including phenoxy) is 1. The van der Waals surface area contributed by atoms with Crippen LogP contribution in [0, 0.1) is 10.1 Å². The van der Waals surface area contributed by atoms with Crippen molar-refractivity contribution in [2.45, 2.75) is 0 Å². The molecule has 0 saturated heterocycles. The molecule has 0 aliphatic rings. The number of nitro groups is 1. The van der Waals surface area contributed by atoms with Gasteiger partial charge in [-0.1, -0.05) is 0 Å². The van der Waals surface area contributed by atoms with Crippen LogP contribution in [0.2, 0.25) is 0 Å². The molecule has 8 heteroatoms. The van der Waals surface area contributed by atoms with Crippen LogP contribution in [-0.2, 0) is 0 Å². The molecule has 84 valence electrons. The minimum absolute atomic E-state index is 0. The summed E-state index contributed by atoms with van der Waals surface area (Å²) in [5.41, 5.74) is -0.222. The minimum atomic E-state index is -0.591. The van der Waals surface area contributed by atoms with Crippen molar-refractivity contribution < 1.29 is 14.5 Å². The molecule has 15 heavy (non-hydrogen) atoms. The highest BCUT2D eigenvalue weighted by Crippen LogP contribution is 2.36. The van der Waals surface area contributed by atoms with E-state index >= 15 is 0 Å². The number of methoxy groups -OCH3 is 1. The van der Waals surface area contributed by atoms with Crippen LogP contribution in [0.5, 0.6) is 11.5 Å². The highest BCUT2D eigenvalue weighted by molar-refractivity contribution is 9.10. The first-order valence-corrected chi connectivity index (χ1v) is 4.28. The van der Waals surface area contributed by atoms with Crippen molar-refractivity contribution in [1.29, 1.82) is 0 Å². The van der Waals surface area contributed by atoms with Gasteiger partial charge in [0.05, 0.1) is 16.5 Å². The number of hydrogen-bond acceptors (Lipinski definition) is 5. The third-order valence-electron chi connectivity index (χ3n) is 1.56. The van der Waals surface area contributed by atoms with Gasteiger partial charge in [-0.2, -0.15) is 5.90 Å². The van der Waals surface area contributed by atoms with E-state index in [1.54, 1.807) is 0 Å². The van der Waals surface area contributed by atoms with Gasteiger partial charge in [0.15, 0.2) is 0 Å². The summed E-state index contributed by atoms with van der Waals surface area (Å²) in [4.78, 5) is 14.3. The Balaban J connectivity index is 0.00000196. The molecular formula is C7H8BrClN2O4.